The number of carbonyl (C=O) groups excluding carboxylic acids is 1. The molecule has 0 aliphatic carbocycles. The number of halogens is 1. The Kier molecular flexibility index (Phi) is 4.24. The summed E-state index contributed by atoms with van der Waals surface area (Å²) in [5.74, 6) is -0.515. The highest BCUT2D eigenvalue weighted by Gasteiger charge is 2.15. The number of nitrogens with two attached hydrogens (primary N) is 1. The van der Waals surface area contributed by atoms with Crippen LogP contribution in [-0.4, -0.2) is 19.0 Å². The molecule has 82 valence electrons. The number of carbonyl (C=O) groups is 1. The Morgan fingerprint density at radius 1 is 1.47 bits per heavy atom. The fourth-order valence-electron chi connectivity index (χ4n) is 1.37. The molecule has 0 bridgehead atoms. The van der Waals surface area contributed by atoms with Crippen LogP contribution >= 0.6 is 0 Å². The molecule has 0 saturated carbocycles. The average molecular weight is 210 g/mol. The van der Waals surface area contributed by atoms with Crippen LogP contribution in [0.5, 0.6) is 0 Å². The zero-order chi connectivity index (χ0) is 11.3. The van der Waals surface area contributed by atoms with E-state index in [0.29, 0.717) is 25.2 Å². The molecule has 1 amide bonds. The van der Waals surface area contributed by atoms with E-state index >= 15 is 0 Å². The standard InChI is InChI=1S/C11H15FN2O/c1-2-11(15)14(8-7-13)10-6-4-3-5-9(10)12/h3-6H,2,7-8,13H2,1H3. The predicted octanol–water partition coefficient (Wildman–Crippen LogP) is 1.53. The third-order valence-corrected chi connectivity index (χ3v) is 2.10. The van der Waals surface area contributed by atoms with Gasteiger partial charge in [0.25, 0.3) is 0 Å². The molecule has 0 unspecified atom stereocenters. The summed E-state index contributed by atoms with van der Waals surface area (Å²) in [6.45, 7) is 2.40. The number of rotatable bonds is 4. The smallest absolute Gasteiger partial charge is 0.226 e. The summed E-state index contributed by atoms with van der Waals surface area (Å²) in [5.41, 5.74) is 5.69. The molecule has 0 aliphatic heterocycles. The molecule has 0 saturated heterocycles. The lowest BCUT2D eigenvalue weighted by Crippen LogP contribution is -2.35. The maximum absolute atomic E-state index is 13.4. The van der Waals surface area contributed by atoms with Gasteiger partial charge in [-0.2, -0.15) is 0 Å². The minimum Gasteiger partial charge on any atom is -0.329 e. The van der Waals surface area contributed by atoms with Gasteiger partial charge >= 0.3 is 0 Å². The zero-order valence-electron chi connectivity index (χ0n) is 8.74. The van der Waals surface area contributed by atoms with Gasteiger partial charge in [0.1, 0.15) is 5.82 Å². The third-order valence-electron chi connectivity index (χ3n) is 2.10. The fourth-order valence-corrected chi connectivity index (χ4v) is 1.37. The zero-order valence-corrected chi connectivity index (χ0v) is 8.74. The molecule has 3 nitrogen and oxygen atoms in total. The first-order valence-corrected chi connectivity index (χ1v) is 4.95. The minimum absolute atomic E-state index is 0.120. The normalized spacial score (nSPS) is 10.1. The van der Waals surface area contributed by atoms with E-state index in [-0.39, 0.29) is 5.91 Å². The topological polar surface area (TPSA) is 46.3 Å². The SMILES string of the molecule is CCC(=O)N(CCN)c1ccccc1F. The monoisotopic (exact) mass is 210 g/mol. The molecule has 1 aromatic rings. The van der Waals surface area contributed by atoms with E-state index in [1.807, 2.05) is 0 Å². The summed E-state index contributed by atoms with van der Waals surface area (Å²) >= 11 is 0. The van der Waals surface area contributed by atoms with Crippen LogP contribution in [0.15, 0.2) is 24.3 Å². The van der Waals surface area contributed by atoms with Gasteiger partial charge in [0.05, 0.1) is 5.69 Å². The van der Waals surface area contributed by atoms with E-state index < -0.39 is 5.82 Å². The van der Waals surface area contributed by atoms with Gasteiger partial charge in [-0.3, -0.25) is 4.79 Å². The van der Waals surface area contributed by atoms with Crippen molar-refractivity contribution in [2.45, 2.75) is 13.3 Å². The summed E-state index contributed by atoms with van der Waals surface area (Å²) in [6.07, 6.45) is 0.342. The number of amides is 1. The van der Waals surface area contributed by atoms with Gasteiger partial charge in [-0.25, -0.2) is 4.39 Å². The van der Waals surface area contributed by atoms with Crippen molar-refractivity contribution >= 4 is 11.6 Å². The number of anilines is 1. The number of hydrogen-bond donors (Lipinski definition) is 1. The molecule has 0 aromatic heterocycles. The van der Waals surface area contributed by atoms with Crippen LogP contribution in [0.25, 0.3) is 0 Å². The van der Waals surface area contributed by atoms with Crippen LogP contribution in [0.3, 0.4) is 0 Å². The van der Waals surface area contributed by atoms with Crippen LogP contribution in [-0.2, 0) is 4.79 Å². The van der Waals surface area contributed by atoms with Gasteiger partial charge in [-0.05, 0) is 12.1 Å². The Hall–Kier alpha value is -1.42. The summed E-state index contributed by atoms with van der Waals surface area (Å²) in [4.78, 5) is 12.9. The molecular weight excluding hydrogens is 195 g/mol. The summed E-state index contributed by atoms with van der Waals surface area (Å²) in [6, 6.07) is 6.21. The molecular formula is C11H15FN2O. The highest BCUT2D eigenvalue weighted by atomic mass is 19.1. The van der Waals surface area contributed by atoms with Crippen LogP contribution in [0, 0.1) is 5.82 Å². The van der Waals surface area contributed by atoms with Crippen LogP contribution in [0.2, 0.25) is 0 Å². The molecule has 0 fully saturated rings. The van der Waals surface area contributed by atoms with E-state index in [1.165, 1.54) is 11.0 Å². The van der Waals surface area contributed by atoms with Crippen molar-refractivity contribution in [2.24, 2.45) is 5.73 Å². The maximum Gasteiger partial charge on any atom is 0.226 e. The molecule has 15 heavy (non-hydrogen) atoms. The molecule has 4 heteroatoms. The maximum atomic E-state index is 13.4. The first-order valence-electron chi connectivity index (χ1n) is 4.95. The van der Waals surface area contributed by atoms with Crippen LogP contribution < -0.4 is 10.6 Å². The van der Waals surface area contributed by atoms with Gasteiger partial charge in [-0.15, -0.1) is 0 Å². The van der Waals surface area contributed by atoms with Gasteiger partial charge in [0.15, 0.2) is 0 Å². The van der Waals surface area contributed by atoms with Gasteiger partial charge in [0, 0.05) is 19.5 Å². The molecule has 0 spiro atoms. The highest BCUT2D eigenvalue weighted by molar-refractivity contribution is 5.93. The Balaban J connectivity index is 2.98. The Labute approximate surface area is 88.7 Å². The molecule has 1 aromatic carbocycles. The average Bonchev–Trinajstić information content (AvgIpc) is 2.26. The second kappa shape index (κ2) is 5.46. The molecule has 1 rings (SSSR count). The minimum atomic E-state index is -0.396. The molecule has 0 radical (unpaired) electrons. The van der Waals surface area contributed by atoms with Crippen molar-refractivity contribution in [3.63, 3.8) is 0 Å². The van der Waals surface area contributed by atoms with E-state index in [1.54, 1.807) is 25.1 Å². The number of benzene rings is 1. The Bertz CT molecular complexity index is 341. The van der Waals surface area contributed by atoms with Crippen molar-refractivity contribution in [3.8, 4) is 0 Å². The molecule has 2 N–H and O–H groups in total. The van der Waals surface area contributed by atoms with Crippen molar-refractivity contribution in [2.75, 3.05) is 18.0 Å². The van der Waals surface area contributed by atoms with E-state index in [4.69, 9.17) is 5.73 Å². The van der Waals surface area contributed by atoms with Crippen molar-refractivity contribution in [1.29, 1.82) is 0 Å². The number of nitrogens with zero attached hydrogens (tertiary/aromatic N) is 1. The fraction of sp³-hybridized carbons (Fsp3) is 0.364. The summed E-state index contributed by atoms with van der Waals surface area (Å²) in [7, 11) is 0. The molecule has 0 aliphatic rings. The predicted molar refractivity (Wildman–Crippen MR) is 58.1 cm³/mol. The van der Waals surface area contributed by atoms with Crippen molar-refractivity contribution in [3.05, 3.63) is 30.1 Å². The Morgan fingerprint density at radius 3 is 2.67 bits per heavy atom. The van der Waals surface area contributed by atoms with Gasteiger partial charge in [0.2, 0.25) is 5.91 Å². The largest absolute Gasteiger partial charge is 0.329 e. The first kappa shape index (κ1) is 11.7. The van der Waals surface area contributed by atoms with Gasteiger partial charge in [-0.1, -0.05) is 19.1 Å². The van der Waals surface area contributed by atoms with Gasteiger partial charge < -0.3 is 10.6 Å². The lowest BCUT2D eigenvalue weighted by atomic mass is 10.2. The van der Waals surface area contributed by atoms with Crippen LogP contribution in [0.4, 0.5) is 10.1 Å². The summed E-state index contributed by atoms with van der Waals surface area (Å²) < 4.78 is 13.4. The lowest BCUT2D eigenvalue weighted by Gasteiger charge is -2.21. The lowest BCUT2D eigenvalue weighted by molar-refractivity contribution is -0.118. The first-order chi connectivity index (χ1) is 7.20. The van der Waals surface area contributed by atoms with Crippen molar-refractivity contribution in [1.82, 2.24) is 0 Å². The summed E-state index contributed by atoms with van der Waals surface area (Å²) in [5, 5.41) is 0. The van der Waals surface area contributed by atoms with E-state index in [2.05, 4.69) is 0 Å². The molecule has 0 heterocycles. The Morgan fingerprint density at radius 2 is 2.13 bits per heavy atom. The second-order valence-corrected chi connectivity index (χ2v) is 3.14. The molecule has 0 atom stereocenters. The van der Waals surface area contributed by atoms with E-state index in [9.17, 15) is 9.18 Å². The van der Waals surface area contributed by atoms with Crippen molar-refractivity contribution < 1.29 is 9.18 Å². The second-order valence-electron chi connectivity index (χ2n) is 3.14. The third kappa shape index (κ3) is 2.76. The highest BCUT2D eigenvalue weighted by Crippen LogP contribution is 2.18. The van der Waals surface area contributed by atoms with E-state index in [0.717, 1.165) is 0 Å². The van der Waals surface area contributed by atoms with Crippen LogP contribution in [0.1, 0.15) is 13.3 Å². The number of para-hydroxylation sites is 1. The quantitative estimate of drug-likeness (QED) is 0.819. The number of hydrogen-bond acceptors (Lipinski definition) is 2.